The van der Waals surface area contributed by atoms with Gasteiger partial charge >= 0.3 is 6.03 Å². The van der Waals surface area contributed by atoms with Gasteiger partial charge in [0.05, 0.1) is 10.7 Å². The Morgan fingerprint density at radius 1 is 1.38 bits per heavy atom. The van der Waals surface area contributed by atoms with Crippen LogP contribution in [-0.4, -0.2) is 12.6 Å². The summed E-state index contributed by atoms with van der Waals surface area (Å²) in [5.74, 6) is 0.584. The largest absolute Gasteiger partial charge is 0.338 e. The molecule has 0 saturated carbocycles. The maximum absolute atomic E-state index is 11.5. The number of nitrogens with one attached hydrogen (secondary N) is 2. The van der Waals surface area contributed by atoms with Crippen LogP contribution in [0, 0.1) is 5.92 Å². The van der Waals surface area contributed by atoms with Crippen LogP contribution in [0.4, 0.5) is 10.5 Å². The van der Waals surface area contributed by atoms with E-state index >= 15 is 0 Å². The second kappa shape index (κ2) is 6.38. The molecule has 0 atom stereocenters. The molecule has 3 nitrogen and oxygen atoms in total. The molecule has 16 heavy (non-hydrogen) atoms. The van der Waals surface area contributed by atoms with Crippen LogP contribution in [-0.2, 0) is 0 Å². The van der Waals surface area contributed by atoms with E-state index in [0.29, 0.717) is 23.2 Å². The average molecular weight is 241 g/mol. The van der Waals surface area contributed by atoms with Gasteiger partial charge < -0.3 is 10.6 Å². The lowest BCUT2D eigenvalue weighted by Crippen LogP contribution is -2.30. The first-order valence-corrected chi connectivity index (χ1v) is 5.76. The number of hydrogen-bond donors (Lipinski definition) is 2. The highest BCUT2D eigenvalue weighted by Crippen LogP contribution is 2.19. The third kappa shape index (κ3) is 4.53. The van der Waals surface area contributed by atoms with Crippen molar-refractivity contribution in [3.8, 4) is 0 Å². The van der Waals surface area contributed by atoms with Gasteiger partial charge in [0.25, 0.3) is 0 Å². The Balaban J connectivity index is 2.37. The van der Waals surface area contributed by atoms with E-state index in [-0.39, 0.29) is 6.03 Å². The molecule has 0 bridgehead atoms. The molecule has 1 rings (SSSR count). The molecule has 2 N–H and O–H groups in total. The van der Waals surface area contributed by atoms with E-state index in [9.17, 15) is 4.79 Å². The summed E-state index contributed by atoms with van der Waals surface area (Å²) >= 11 is 5.91. The minimum Gasteiger partial charge on any atom is -0.338 e. The van der Waals surface area contributed by atoms with Crippen molar-refractivity contribution in [1.82, 2.24) is 5.32 Å². The molecule has 0 heterocycles. The first kappa shape index (κ1) is 12.8. The predicted octanol–water partition coefficient (Wildman–Crippen LogP) is 3.51. The van der Waals surface area contributed by atoms with Crippen molar-refractivity contribution in [3.63, 3.8) is 0 Å². The number of halogens is 1. The van der Waals surface area contributed by atoms with Crippen molar-refractivity contribution in [3.05, 3.63) is 29.3 Å². The van der Waals surface area contributed by atoms with Gasteiger partial charge in [-0.2, -0.15) is 0 Å². The molecule has 0 aromatic heterocycles. The first-order chi connectivity index (χ1) is 7.59. The van der Waals surface area contributed by atoms with E-state index in [4.69, 9.17) is 11.6 Å². The van der Waals surface area contributed by atoms with Crippen molar-refractivity contribution in [1.29, 1.82) is 0 Å². The molecule has 1 aromatic rings. The van der Waals surface area contributed by atoms with Gasteiger partial charge in [0.15, 0.2) is 0 Å². The van der Waals surface area contributed by atoms with Crippen LogP contribution in [0.15, 0.2) is 24.3 Å². The zero-order chi connectivity index (χ0) is 12.0. The van der Waals surface area contributed by atoms with Gasteiger partial charge in [0.1, 0.15) is 0 Å². The van der Waals surface area contributed by atoms with E-state index in [0.717, 1.165) is 6.42 Å². The van der Waals surface area contributed by atoms with Crippen LogP contribution in [0.25, 0.3) is 0 Å². The van der Waals surface area contributed by atoms with E-state index < -0.39 is 0 Å². The van der Waals surface area contributed by atoms with Crippen molar-refractivity contribution in [2.45, 2.75) is 20.3 Å². The molecular formula is C12H17ClN2O. The van der Waals surface area contributed by atoms with E-state index in [1.165, 1.54) is 0 Å². The maximum Gasteiger partial charge on any atom is 0.319 e. The molecule has 0 aliphatic rings. The van der Waals surface area contributed by atoms with E-state index in [1.54, 1.807) is 12.1 Å². The molecular weight excluding hydrogens is 224 g/mol. The second-order valence-electron chi connectivity index (χ2n) is 4.04. The molecule has 0 fully saturated rings. The van der Waals surface area contributed by atoms with Gasteiger partial charge in [-0.05, 0) is 24.5 Å². The van der Waals surface area contributed by atoms with Crippen LogP contribution in [0.3, 0.4) is 0 Å². The number of urea groups is 1. The summed E-state index contributed by atoms with van der Waals surface area (Å²) < 4.78 is 0. The van der Waals surface area contributed by atoms with Crippen LogP contribution in [0.5, 0.6) is 0 Å². The van der Waals surface area contributed by atoms with Gasteiger partial charge in [-0.15, -0.1) is 0 Å². The minimum absolute atomic E-state index is 0.214. The Labute approximate surface area is 101 Å². The molecule has 0 radical (unpaired) electrons. The number of carbonyl (C=O) groups is 1. The van der Waals surface area contributed by atoms with Crippen LogP contribution in [0.1, 0.15) is 20.3 Å². The smallest absolute Gasteiger partial charge is 0.319 e. The van der Waals surface area contributed by atoms with Gasteiger partial charge in [0.2, 0.25) is 0 Å². The number of carbonyl (C=O) groups excluding carboxylic acids is 1. The lowest BCUT2D eigenvalue weighted by molar-refractivity contribution is 0.251. The van der Waals surface area contributed by atoms with Crippen molar-refractivity contribution >= 4 is 23.3 Å². The Hall–Kier alpha value is -1.22. The molecule has 0 aliphatic carbocycles. The maximum atomic E-state index is 11.5. The summed E-state index contributed by atoms with van der Waals surface area (Å²) in [7, 11) is 0. The Morgan fingerprint density at radius 3 is 2.69 bits per heavy atom. The van der Waals surface area contributed by atoms with Crippen molar-refractivity contribution in [2.75, 3.05) is 11.9 Å². The van der Waals surface area contributed by atoms with E-state index in [1.807, 2.05) is 12.1 Å². The Morgan fingerprint density at radius 2 is 2.06 bits per heavy atom. The summed E-state index contributed by atoms with van der Waals surface area (Å²) in [6.07, 6.45) is 0.968. The third-order valence-electron chi connectivity index (χ3n) is 2.13. The van der Waals surface area contributed by atoms with Crippen molar-refractivity contribution in [2.24, 2.45) is 5.92 Å². The first-order valence-electron chi connectivity index (χ1n) is 5.39. The summed E-state index contributed by atoms with van der Waals surface area (Å²) in [5, 5.41) is 6.03. The van der Waals surface area contributed by atoms with Gasteiger partial charge in [-0.3, -0.25) is 0 Å². The lowest BCUT2D eigenvalue weighted by Gasteiger charge is -2.09. The fourth-order valence-corrected chi connectivity index (χ4v) is 1.39. The molecule has 4 heteroatoms. The van der Waals surface area contributed by atoms with Gasteiger partial charge in [-0.25, -0.2) is 4.79 Å². The summed E-state index contributed by atoms with van der Waals surface area (Å²) in [5.41, 5.74) is 0.631. The number of hydrogen-bond acceptors (Lipinski definition) is 1. The zero-order valence-electron chi connectivity index (χ0n) is 9.59. The van der Waals surface area contributed by atoms with Gasteiger partial charge in [0, 0.05) is 6.54 Å². The molecule has 0 aliphatic heterocycles. The van der Waals surface area contributed by atoms with Gasteiger partial charge in [-0.1, -0.05) is 37.6 Å². The van der Waals surface area contributed by atoms with Crippen molar-refractivity contribution < 1.29 is 4.79 Å². The number of amides is 2. The second-order valence-corrected chi connectivity index (χ2v) is 4.45. The van der Waals surface area contributed by atoms with Crippen LogP contribution >= 0.6 is 11.6 Å². The summed E-state index contributed by atoms with van der Waals surface area (Å²) in [6.45, 7) is 4.91. The monoisotopic (exact) mass is 240 g/mol. The average Bonchev–Trinajstić information content (AvgIpc) is 2.21. The lowest BCUT2D eigenvalue weighted by atomic mass is 10.1. The highest BCUT2D eigenvalue weighted by atomic mass is 35.5. The standard InChI is InChI=1S/C12H17ClN2O/c1-9(2)7-8-14-12(16)15-11-6-4-3-5-10(11)13/h3-6,9H,7-8H2,1-2H3,(H2,14,15,16). The SMILES string of the molecule is CC(C)CCNC(=O)Nc1ccccc1Cl. The van der Waals surface area contributed by atoms with E-state index in [2.05, 4.69) is 24.5 Å². The number of para-hydroxylation sites is 1. The summed E-state index contributed by atoms with van der Waals surface area (Å²) in [6, 6.07) is 6.95. The summed E-state index contributed by atoms with van der Waals surface area (Å²) in [4.78, 5) is 11.5. The van der Waals surface area contributed by atoms with Crippen LogP contribution < -0.4 is 10.6 Å². The molecule has 0 spiro atoms. The minimum atomic E-state index is -0.214. The predicted molar refractivity (Wildman–Crippen MR) is 67.9 cm³/mol. The zero-order valence-corrected chi connectivity index (χ0v) is 10.3. The number of benzene rings is 1. The Bertz CT molecular complexity index is 353. The molecule has 2 amide bonds. The highest BCUT2D eigenvalue weighted by molar-refractivity contribution is 6.33. The molecule has 1 aromatic carbocycles. The molecule has 88 valence electrons. The molecule has 0 unspecified atom stereocenters. The Kier molecular flexibility index (Phi) is 5.12. The normalized spacial score (nSPS) is 10.2. The highest BCUT2D eigenvalue weighted by Gasteiger charge is 2.04. The third-order valence-corrected chi connectivity index (χ3v) is 2.46. The molecule has 0 saturated heterocycles. The number of anilines is 1. The fraction of sp³-hybridized carbons (Fsp3) is 0.417. The number of rotatable bonds is 4. The van der Waals surface area contributed by atoms with Crippen LogP contribution in [0.2, 0.25) is 5.02 Å². The quantitative estimate of drug-likeness (QED) is 0.831. The fourth-order valence-electron chi connectivity index (χ4n) is 1.20. The topological polar surface area (TPSA) is 41.1 Å².